The number of amides is 1. The number of rotatable bonds is 5. The Labute approximate surface area is 191 Å². The SMILES string of the molecule is CCn1c(=O)[nH]c(=O)c2c(C(=O)N3CCC(Cc4cccc(F)c4)CC3)cc(C(C)C)nc21. The van der Waals surface area contributed by atoms with Crippen molar-refractivity contribution < 1.29 is 9.18 Å². The summed E-state index contributed by atoms with van der Waals surface area (Å²) in [5, 5.41) is 0.160. The van der Waals surface area contributed by atoms with Crippen molar-refractivity contribution in [2.75, 3.05) is 13.1 Å². The van der Waals surface area contributed by atoms with Gasteiger partial charge in [0.05, 0.1) is 10.9 Å². The summed E-state index contributed by atoms with van der Waals surface area (Å²) in [5.41, 5.74) is 1.05. The van der Waals surface area contributed by atoms with Crippen LogP contribution in [0.25, 0.3) is 11.0 Å². The van der Waals surface area contributed by atoms with Crippen LogP contribution in [0, 0.1) is 11.7 Å². The summed E-state index contributed by atoms with van der Waals surface area (Å²) < 4.78 is 14.9. The highest BCUT2D eigenvalue weighted by molar-refractivity contribution is 6.05. The second-order valence-electron chi connectivity index (χ2n) is 9.02. The van der Waals surface area contributed by atoms with Crippen LogP contribution in [0.5, 0.6) is 0 Å². The molecule has 0 radical (unpaired) electrons. The molecule has 1 fully saturated rings. The van der Waals surface area contributed by atoms with Gasteiger partial charge in [0.25, 0.3) is 11.5 Å². The summed E-state index contributed by atoms with van der Waals surface area (Å²) >= 11 is 0. The van der Waals surface area contributed by atoms with Gasteiger partial charge in [-0.15, -0.1) is 0 Å². The van der Waals surface area contributed by atoms with Crippen molar-refractivity contribution in [1.29, 1.82) is 0 Å². The number of hydrogen-bond acceptors (Lipinski definition) is 4. The quantitative estimate of drug-likeness (QED) is 0.642. The Morgan fingerprint density at radius 1 is 1.21 bits per heavy atom. The number of likely N-dealkylation sites (tertiary alicyclic amines) is 1. The Hall–Kier alpha value is -3.29. The van der Waals surface area contributed by atoms with Crippen molar-refractivity contribution in [2.45, 2.75) is 52.5 Å². The fraction of sp³-hybridized carbons (Fsp3) is 0.440. The number of aryl methyl sites for hydroxylation is 1. The molecule has 0 aliphatic carbocycles. The van der Waals surface area contributed by atoms with Gasteiger partial charge in [-0.3, -0.25) is 19.1 Å². The average molecular weight is 453 g/mol. The third-order valence-electron chi connectivity index (χ3n) is 6.42. The van der Waals surface area contributed by atoms with Gasteiger partial charge in [0.2, 0.25) is 0 Å². The molecule has 33 heavy (non-hydrogen) atoms. The van der Waals surface area contributed by atoms with E-state index in [2.05, 4.69) is 9.97 Å². The maximum atomic E-state index is 13.5. The number of nitrogens with zero attached hydrogens (tertiary/aromatic N) is 3. The number of nitrogens with one attached hydrogen (secondary N) is 1. The van der Waals surface area contributed by atoms with E-state index in [0.29, 0.717) is 31.2 Å². The Morgan fingerprint density at radius 2 is 1.94 bits per heavy atom. The minimum Gasteiger partial charge on any atom is -0.339 e. The number of aromatic nitrogens is 3. The maximum absolute atomic E-state index is 13.5. The molecule has 0 atom stereocenters. The molecule has 1 aromatic carbocycles. The maximum Gasteiger partial charge on any atom is 0.329 e. The van der Waals surface area contributed by atoms with E-state index in [1.54, 1.807) is 30.0 Å². The van der Waals surface area contributed by atoms with Crippen LogP contribution in [0.4, 0.5) is 4.39 Å². The van der Waals surface area contributed by atoms with E-state index >= 15 is 0 Å². The van der Waals surface area contributed by atoms with Crippen molar-refractivity contribution in [1.82, 2.24) is 19.4 Å². The molecule has 1 saturated heterocycles. The third kappa shape index (κ3) is 4.60. The van der Waals surface area contributed by atoms with E-state index in [1.807, 2.05) is 19.9 Å². The molecule has 1 N–H and O–H groups in total. The number of halogens is 1. The Morgan fingerprint density at radius 3 is 2.58 bits per heavy atom. The first-order valence-corrected chi connectivity index (χ1v) is 11.5. The number of pyridine rings is 1. The molecule has 0 spiro atoms. The van der Waals surface area contributed by atoms with E-state index in [9.17, 15) is 18.8 Å². The molecule has 3 aromatic rings. The Bertz CT molecular complexity index is 1300. The van der Waals surface area contributed by atoms with Gasteiger partial charge in [0, 0.05) is 25.3 Å². The lowest BCUT2D eigenvalue weighted by molar-refractivity contribution is 0.0692. The summed E-state index contributed by atoms with van der Waals surface area (Å²) in [5.74, 6) is -0.0655. The van der Waals surface area contributed by atoms with Gasteiger partial charge in [-0.25, -0.2) is 14.2 Å². The normalized spacial score (nSPS) is 14.9. The molecule has 1 amide bonds. The van der Waals surface area contributed by atoms with Crippen molar-refractivity contribution in [3.8, 4) is 0 Å². The smallest absolute Gasteiger partial charge is 0.329 e. The van der Waals surface area contributed by atoms with Gasteiger partial charge < -0.3 is 4.90 Å². The van der Waals surface area contributed by atoms with E-state index in [4.69, 9.17) is 0 Å². The first-order valence-electron chi connectivity index (χ1n) is 11.5. The molecule has 8 heteroatoms. The van der Waals surface area contributed by atoms with E-state index in [1.165, 1.54) is 10.6 Å². The summed E-state index contributed by atoms with van der Waals surface area (Å²) in [6.07, 6.45) is 2.38. The largest absolute Gasteiger partial charge is 0.339 e. The van der Waals surface area contributed by atoms with E-state index in [0.717, 1.165) is 24.8 Å². The zero-order chi connectivity index (χ0) is 23.7. The first kappa shape index (κ1) is 22.9. The van der Waals surface area contributed by atoms with Crippen LogP contribution in [-0.4, -0.2) is 38.4 Å². The van der Waals surface area contributed by atoms with Gasteiger partial charge in [0.15, 0.2) is 5.65 Å². The minimum absolute atomic E-state index is 0.0256. The zero-order valence-electron chi connectivity index (χ0n) is 19.2. The van der Waals surface area contributed by atoms with Crippen LogP contribution in [0.2, 0.25) is 0 Å². The predicted molar refractivity (Wildman–Crippen MR) is 125 cm³/mol. The molecule has 4 rings (SSSR count). The number of H-pyrrole nitrogens is 1. The van der Waals surface area contributed by atoms with E-state index < -0.39 is 11.2 Å². The Balaban J connectivity index is 1.63. The van der Waals surface area contributed by atoms with Crippen LogP contribution in [0.15, 0.2) is 39.9 Å². The van der Waals surface area contributed by atoms with Crippen LogP contribution in [0.3, 0.4) is 0 Å². The van der Waals surface area contributed by atoms with Crippen molar-refractivity contribution in [3.05, 3.63) is 73.8 Å². The summed E-state index contributed by atoms with van der Waals surface area (Å²) in [7, 11) is 0. The second-order valence-corrected chi connectivity index (χ2v) is 9.02. The summed E-state index contributed by atoms with van der Waals surface area (Å²) in [6.45, 7) is 7.17. The fourth-order valence-corrected chi connectivity index (χ4v) is 4.56. The monoisotopic (exact) mass is 452 g/mol. The van der Waals surface area contributed by atoms with Crippen LogP contribution >= 0.6 is 0 Å². The van der Waals surface area contributed by atoms with Gasteiger partial charge in [-0.05, 0) is 61.8 Å². The molecule has 1 aliphatic heterocycles. The first-order chi connectivity index (χ1) is 15.8. The average Bonchev–Trinajstić information content (AvgIpc) is 2.78. The molecular weight excluding hydrogens is 423 g/mol. The molecule has 3 heterocycles. The molecule has 2 aromatic heterocycles. The van der Waals surface area contributed by atoms with E-state index in [-0.39, 0.29) is 34.2 Å². The fourth-order valence-electron chi connectivity index (χ4n) is 4.56. The summed E-state index contributed by atoms with van der Waals surface area (Å²) in [6, 6.07) is 8.34. The van der Waals surface area contributed by atoms with Crippen LogP contribution < -0.4 is 11.2 Å². The van der Waals surface area contributed by atoms with Gasteiger partial charge in [-0.2, -0.15) is 0 Å². The number of hydrogen-bond donors (Lipinski definition) is 1. The van der Waals surface area contributed by atoms with Crippen LogP contribution in [0.1, 0.15) is 61.1 Å². The number of carbonyl (C=O) groups is 1. The lowest BCUT2D eigenvalue weighted by Gasteiger charge is -2.32. The molecule has 0 unspecified atom stereocenters. The standard InChI is InChI=1S/C25H29FN4O3/c1-4-30-22-21(23(31)28-25(30)33)19(14-20(27-22)15(2)3)24(32)29-10-8-16(9-11-29)12-17-6-5-7-18(26)13-17/h5-7,13-16H,4,8-12H2,1-3H3,(H,28,31,33). The molecule has 1 aliphatic rings. The third-order valence-corrected chi connectivity index (χ3v) is 6.42. The van der Waals surface area contributed by atoms with Crippen molar-refractivity contribution in [3.63, 3.8) is 0 Å². The number of fused-ring (bicyclic) bond motifs is 1. The van der Waals surface area contributed by atoms with Crippen molar-refractivity contribution >= 4 is 16.9 Å². The molecule has 0 bridgehead atoms. The highest BCUT2D eigenvalue weighted by Gasteiger charge is 2.27. The minimum atomic E-state index is -0.591. The molecule has 174 valence electrons. The highest BCUT2D eigenvalue weighted by atomic mass is 19.1. The second kappa shape index (κ2) is 9.29. The topological polar surface area (TPSA) is 88.1 Å². The van der Waals surface area contributed by atoms with Gasteiger partial charge in [-0.1, -0.05) is 26.0 Å². The lowest BCUT2D eigenvalue weighted by Crippen LogP contribution is -2.40. The zero-order valence-corrected chi connectivity index (χ0v) is 19.2. The number of piperidine rings is 1. The van der Waals surface area contributed by atoms with Gasteiger partial charge in [0.1, 0.15) is 5.82 Å². The molecule has 0 saturated carbocycles. The molecule has 7 nitrogen and oxygen atoms in total. The molecular formula is C25H29FN4O3. The number of carbonyl (C=O) groups excluding carboxylic acids is 1. The van der Waals surface area contributed by atoms with Crippen LogP contribution in [-0.2, 0) is 13.0 Å². The predicted octanol–water partition coefficient (Wildman–Crippen LogP) is 3.46. The lowest BCUT2D eigenvalue weighted by atomic mass is 9.90. The number of benzene rings is 1. The highest BCUT2D eigenvalue weighted by Crippen LogP contribution is 2.26. The summed E-state index contributed by atoms with van der Waals surface area (Å²) in [4.78, 5) is 47.2. The van der Waals surface area contributed by atoms with Crippen molar-refractivity contribution in [2.24, 2.45) is 5.92 Å². The number of aromatic amines is 1. The Kier molecular flexibility index (Phi) is 6.44. The van der Waals surface area contributed by atoms with Gasteiger partial charge >= 0.3 is 5.69 Å².